The number of hydrogen-bond acceptors (Lipinski definition) is 4. The van der Waals surface area contributed by atoms with Crippen molar-refractivity contribution in [1.82, 2.24) is 4.98 Å². The van der Waals surface area contributed by atoms with Gasteiger partial charge in [0.15, 0.2) is 0 Å². The van der Waals surface area contributed by atoms with Crippen LogP contribution in [0.15, 0.2) is 42.5 Å². The molecule has 0 spiro atoms. The van der Waals surface area contributed by atoms with E-state index in [2.05, 4.69) is 34.6 Å². The number of methoxy groups -OCH3 is 1. The van der Waals surface area contributed by atoms with E-state index in [1.54, 1.807) is 13.0 Å². The molecule has 0 amide bonds. The van der Waals surface area contributed by atoms with E-state index in [-0.39, 0.29) is 5.97 Å². The van der Waals surface area contributed by atoms with Crippen LogP contribution in [0.3, 0.4) is 0 Å². The van der Waals surface area contributed by atoms with Crippen LogP contribution < -0.4 is 5.32 Å². The zero-order valence-corrected chi connectivity index (χ0v) is 12.4. The summed E-state index contributed by atoms with van der Waals surface area (Å²) in [5.74, 6) is 0.434. The van der Waals surface area contributed by atoms with Gasteiger partial charge in [-0.3, -0.25) is 0 Å². The van der Waals surface area contributed by atoms with Crippen molar-refractivity contribution in [3.63, 3.8) is 0 Å². The molecule has 21 heavy (non-hydrogen) atoms. The number of nitrogens with zero attached hydrogens (tertiary/aromatic N) is 1. The van der Waals surface area contributed by atoms with Gasteiger partial charge < -0.3 is 10.1 Å². The van der Waals surface area contributed by atoms with Crippen molar-refractivity contribution >= 4 is 11.8 Å². The van der Waals surface area contributed by atoms with Gasteiger partial charge in [0.05, 0.1) is 18.4 Å². The van der Waals surface area contributed by atoms with E-state index in [9.17, 15) is 4.79 Å². The summed E-state index contributed by atoms with van der Waals surface area (Å²) >= 11 is 0. The van der Waals surface area contributed by atoms with Gasteiger partial charge in [0.2, 0.25) is 0 Å². The van der Waals surface area contributed by atoms with Crippen molar-refractivity contribution in [3.8, 4) is 0 Å². The SMILES string of the molecule is COC(=O)c1ccc(NCCCc2ccccc2)nc1C. The molecule has 0 radical (unpaired) electrons. The summed E-state index contributed by atoms with van der Waals surface area (Å²) in [5, 5.41) is 3.28. The standard InChI is InChI=1S/C17H20N2O2/c1-13-15(17(20)21-2)10-11-16(19-13)18-12-6-9-14-7-4-3-5-8-14/h3-5,7-8,10-11H,6,9,12H2,1-2H3,(H,18,19). The highest BCUT2D eigenvalue weighted by Gasteiger charge is 2.10. The summed E-state index contributed by atoms with van der Waals surface area (Å²) in [7, 11) is 1.37. The molecule has 2 aromatic rings. The minimum absolute atomic E-state index is 0.351. The van der Waals surface area contributed by atoms with Crippen molar-refractivity contribution in [1.29, 1.82) is 0 Å². The smallest absolute Gasteiger partial charge is 0.339 e. The molecule has 0 bridgehead atoms. The van der Waals surface area contributed by atoms with Gasteiger partial charge in [-0.1, -0.05) is 30.3 Å². The molecule has 0 atom stereocenters. The van der Waals surface area contributed by atoms with Gasteiger partial charge in [0.25, 0.3) is 0 Å². The highest BCUT2D eigenvalue weighted by molar-refractivity contribution is 5.90. The number of aryl methyl sites for hydroxylation is 2. The Bertz CT molecular complexity index is 597. The molecule has 1 heterocycles. The number of carbonyl (C=O) groups excluding carboxylic acids is 1. The lowest BCUT2D eigenvalue weighted by atomic mass is 10.1. The van der Waals surface area contributed by atoms with E-state index in [1.165, 1.54) is 12.7 Å². The maximum Gasteiger partial charge on any atom is 0.339 e. The van der Waals surface area contributed by atoms with Gasteiger partial charge in [-0.15, -0.1) is 0 Å². The van der Waals surface area contributed by atoms with Crippen LogP contribution in [-0.2, 0) is 11.2 Å². The van der Waals surface area contributed by atoms with Gasteiger partial charge in [-0.2, -0.15) is 0 Å². The van der Waals surface area contributed by atoms with Crippen molar-refractivity contribution in [2.45, 2.75) is 19.8 Å². The zero-order valence-electron chi connectivity index (χ0n) is 12.4. The maximum atomic E-state index is 11.5. The Morgan fingerprint density at radius 2 is 1.95 bits per heavy atom. The summed E-state index contributed by atoms with van der Waals surface area (Å²) in [6.45, 7) is 2.65. The molecule has 0 aliphatic rings. The second-order valence-corrected chi connectivity index (χ2v) is 4.84. The third kappa shape index (κ3) is 4.31. The predicted molar refractivity (Wildman–Crippen MR) is 83.6 cm³/mol. The first kappa shape index (κ1) is 15.0. The molecule has 0 aliphatic carbocycles. The normalized spacial score (nSPS) is 10.2. The molecule has 4 heteroatoms. The molecule has 110 valence electrons. The van der Waals surface area contributed by atoms with Crippen molar-refractivity contribution in [3.05, 3.63) is 59.3 Å². The molecule has 0 aliphatic heterocycles. The maximum absolute atomic E-state index is 11.5. The molecular weight excluding hydrogens is 264 g/mol. The monoisotopic (exact) mass is 284 g/mol. The van der Waals surface area contributed by atoms with E-state index in [4.69, 9.17) is 4.74 Å². The number of anilines is 1. The molecule has 0 fully saturated rings. The summed E-state index contributed by atoms with van der Waals surface area (Å²) < 4.78 is 4.71. The lowest BCUT2D eigenvalue weighted by molar-refractivity contribution is 0.0599. The average Bonchev–Trinajstić information content (AvgIpc) is 2.52. The number of hydrogen-bond donors (Lipinski definition) is 1. The predicted octanol–water partition coefficient (Wildman–Crippen LogP) is 3.22. The van der Waals surface area contributed by atoms with E-state index in [1.807, 2.05) is 12.1 Å². The number of ether oxygens (including phenoxy) is 1. The lowest BCUT2D eigenvalue weighted by Crippen LogP contribution is -2.09. The number of benzene rings is 1. The highest BCUT2D eigenvalue weighted by Crippen LogP contribution is 2.12. The van der Waals surface area contributed by atoms with E-state index < -0.39 is 0 Å². The molecule has 0 unspecified atom stereocenters. The summed E-state index contributed by atoms with van der Waals surface area (Å²) in [4.78, 5) is 15.9. The summed E-state index contributed by atoms with van der Waals surface area (Å²) in [6, 6.07) is 14.0. The molecule has 0 saturated heterocycles. The first-order valence-corrected chi connectivity index (χ1v) is 7.04. The second-order valence-electron chi connectivity index (χ2n) is 4.84. The van der Waals surface area contributed by atoms with Crippen LogP contribution in [0.5, 0.6) is 0 Å². The first-order chi connectivity index (χ1) is 10.2. The topological polar surface area (TPSA) is 51.2 Å². The fourth-order valence-electron chi connectivity index (χ4n) is 2.14. The van der Waals surface area contributed by atoms with Crippen LogP contribution in [0.1, 0.15) is 28.0 Å². The minimum atomic E-state index is -0.351. The van der Waals surface area contributed by atoms with Crippen molar-refractivity contribution in [2.24, 2.45) is 0 Å². The van der Waals surface area contributed by atoms with Crippen molar-refractivity contribution in [2.75, 3.05) is 19.0 Å². The molecule has 1 N–H and O–H groups in total. The molecule has 2 rings (SSSR count). The quantitative estimate of drug-likeness (QED) is 0.653. The van der Waals surface area contributed by atoms with E-state index in [0.29, 0.717) is 11.3 Å². The Kier molecular flexibility index (Phi) is 5.32. The largest absolute Gasteiger partial charge is 0.465 e. The van der Waals surface area contributed by atoms with Gasteiger partial charge in [-0.25, -0.2) is 9.78 Å². The Morgan fingerprint density at radius 1 is 1.19 bits per heavy atom. The molecule has 1 aromatic heterocycles. The number of nitrogens with one attached hydrogen (secondary N) is 1. The van der Waals surface area contributed by atoms with Gasteiger partial charge in [0.1, 0.15) is 5.82 Å². The molecule has 0 saturated carbocycles. The highest BCUT2D eigenvalue weighted by atomic mass is 16.5. The van der Waals surface area contributed by atoms with E-state index in [0.717, 1.165) is 25.2 Å². The molecule has 4 nitrogen and oxygen atoms in total. The minimum Gasteiger partial charge on any atom is -0.465 e. The third-order valence-electron chi connectivity index (χ3n) is 3.28. The molecular formula is C17H20N2O2. The average molecular weight is 284 g/mol. The van der Waals surface area contributed by atoms with Crippen LogP contribution in [0.25, 0.3) is 0 Å². The van der Waals surface area contributed by atoms with Crippen LogP contribution in [0, 0.1) is 6.92 Å². The number of carbonyl (C=O) groups is 1. The van der Waals surface area contributed by atoms with E-state index >= 15 is 0 Å². The number of pyridine rings is 1. The number of rotatable bonds is 6. The second kappa shape index (κ2) is 7.43. The Labute approximate surface area is 125 Å². The fourth-order valence-corrected chi connectivity index (χ4v) is 2.14. The Balaban J connectivity index is 1.84. The Morgan fingerprint density at radius 3 is 2.62 bits per heavy atom. The summed E-state index contributed by atoms with van der Waals surface area (Å²) in [6.07, 6.45) is 2.07. The molecule has 1 aromatic carbocycles. The van der Waals surface area contributed by atoms with Crippen LogP contribution >= 0.6 is 0 Å². The van der Waals surface area contributed by atoms with Gasteiger partial charge in [-0.05, 0) is 37.5 Å². The van der Waals surface area contributed by atoms with Gasteiger partial charge in [0, 0.05) is 6.54 Å². The fraction of sp³-hybridized carbons (Fsp3) is 0.294. The summed E-state index contributed by atoms with van der Waals surface area (Å²) in [5.41, 5.74) is 2.52. The number of esters is 1. The van der Waals surface area contributed by atoms with Crippen LogP contribution in [0.2, 0.25) is 0 Å². The first-order valence-electron chi connectivity index (χ1n) is 7.04. The number of aromatic nitrogens is 1. The lowest BCUT2D eigenvalue weighted by Gasteiger charge is -2.08. The van der Waals surface area contributed by atoms with Crippen LogP contribution in [-0.4, -0.2) is 24.6 Å². The van der Waals surface area contributed by atoms with Crippen molar-refractivity contribution < 1.29 is 9.53 Å². The van der Waals surface area contributed by atoms with Gasteiger partial charge >= 0.3 is 5.97 Å². The third-order valence-corrected chi connectivity index (χ3v) is 3.28. The Hall–Kier alpha value is -2.36. The zero-order chi connectivity index (χ0) is 15.1. The van der Waals surface area contributed by atoms with Crippen LogP contribution in [0.4, 0.5) is 5.82 Å².